The average Bonchev–Trinajstić information content (AvgIpc) is 0.818. The first-order valence-corrected chi connectivity index (χ1v) is 42.5. The predicted octanol–water partition coefficient (Wildman–Crippen LogP) is 25.2. The van der Waals surface area contributed by atoms with E-state index < -0.39 is 60.3 Å². The molecule has 0 aromatic heterocycles. The number of benzene rings is 12. The Balaban J connectivity index is 0.000000197. The number of carbonyl (C=O) groups is 3. The fraction of sp³-hybridized carbons (Fsp3) is 0.219. The molecule has 0 N–H and O–H groups in total. The standard InChI is InChI=1S/C27H26F7OS.C24H23O4S.C23H23O3S.C22H23OS.F2/c1-19-16-23(36(21-10-5-3-6-11-21)22-12-7-4-8-13-22)17-20(2)24(19)35-15-9-14-25(28,29)18-26(30,31)27(32,33)34;1-17-14-22(15-18(2)24(17)28-23(26)16-27-19(3)25)29(20-10-6-4-7-11-20)21-12-8-5-9-13-21;1-17-14-21(15-18(2)23(17)26-16-22(24)25-3)27(19-10-6-4-7-11-19)20-12-8-5-9-13-20;1-4-23-22-17(2)15-21(16-18(22)3)24(19-11-7-5-8-12-19)20-13-9-6-10-14-20;1-2/h3-8,10-13,16-17H,9,14-15,18H2,1-2H3;4-15H,16H2,1-3H3;4-15H,16H2,1-3H3;5-16H,4H2,1-3H3;/q4*+1;. The molecule has 0 atom stereocenters. The van der Waals surface area contributed by atoms with E-state index in [0.717, 1.165) is 64.5 Å². The second-order valence-corrected chi connectivity index (χ2v) is 35.1. The molecule has 0 aliphatic rings. The fourth-order valence-electron chi connectivity index (χ4n) is 12.7. The Morgan fingerprint density at radius 3 is 0.814 bits per heavy atom. The van der Waals surface area contributed by atoms with Crippen LogP contribution in [-0.4, -0.2) is 69.5 Å². The minimum Gasteiger partial charge on any atom is -0.493 e. The maximum atomic E-state index is 13.8. The SMILES string of the molecule is CC(=O)OCC(=O)Oc1c(C)cc([S+](c2ccccc2)c2ccccc2)cc1C.CCOc1c(C)cc([S+](c2ccccc2)c2ccccc2)cc1C.COC(=O)COc1c(C)cc([S+](c2ccccc2)c2ccccc2)cc1C.Cc1cc([S+](c2ccccc2)c2ccccc2)cc(C)c1OCCCC(F)(F)CC(F)(F)C(F)(F)F.FF. The zero-order valence-electron chi connectivity index (χ0n) is 67.4. The average molecular weight is 1690 g/mol. The topological polar surface area (TPSA) is 107 Å². The van der Waals surface area contributed by atoms with Gasteiger partial charge in [0.05, 0.1) is 70.3 Å². The summed E-state index contributed by atoms with van der Waals surface area (Å²) in [6.45, 7) is 19.1. The minimum absolute atomic E-state index is 0.0827. The van der Waals surface area contributed by atoms with Gasteiger partial charge in [-0.3, -0.25) is 4.79 Å². The maximum Gasteiger partial charge on any atom is 0.453 e. The van der Waals surface area contributed by atoms with Crippen molar-refractivity contribution in [2.24, 2.45) is 0 Å². The Labute approximate surface area is 697 Å². The van der Waals surface area contributed by atoms with Crippen molar-refractivity contribution in [1.29, 1.82) is 0 Å². The van der Waals surface area contributed by atoms with Crippen molar-refractivity contribution in [3.63, 3.8) is 0 Å². The molecule has 12 aromatic carbocycles. The number of carbonyl (C=O) groups excluding carboxylic acids is 3. The molecule has 616 valence electrons. The lowest BCUT2D eigenvalue weighted by molar-refractivity contribution is -0.301. The number of halogens is 9. The van der Waals surface area contributed by atoms with Gasteiger partial charge in [0.25, 0.3) is 5.92 Å². The molecular formula is C96H95F9O9S4+4. The van der Waals surface area contributed by atoms with Crippen molar-refractivity contribution in [2.45, 2.75) is 165 Å². The van der Waals surface area contributed by atoms with Crippen LogP contribution >= 0.6 is 0 Å². The highest BCUT2D eigenvalue weighted by Gasteiger charge is 2.61. The van der Waals surface area contributed by atoms with Crippen LogP contribution in [0.1, 0.15) is 77.6 Å². The number of alkyl halides is 7. The van der Waals surface area contributed by atoms with E-state index in [9.17, 15) is 45.1 Å². The zero-order chi connectivity index (χ0) is 85.5. The molecule has 0 fully saturated rings. The molecule has 0 aliphatic heterocycles. The first-order chi connectivity index (χ1) is 56.6. The normalized spacial score (nSPS) is 11.2. The van der Waals surface area contributed by atoms with E-state index in [0.29, 0.717) is 18.1 Å². The molecule has 0 saturated heterocycles. The van der Waals surface area contributed by atoms with Gasteiger partial charge < -0.3 is 28.4 Å². The van der Waals surface area contributed by atoms with Gasteiger partial charge in [-0.2, -0.15) is 22.0 Å². The number of ether oxygens (including phenoxy) is 6. The van der Waals surface area contributed by atoms with Gasteiger partial charge in [-0.15, -0.1) is 0 Å². The van der Waals surface area contributed by atoms with Crippen LogP contribution in [0.3, 0.4) is 0 Å². The van der Waals surface area contributed by atoms with Gasteiger partial charge in [0.15, 0.2) is 72.0 Å². The van der Waals surface area contributed by atoms with E-state index in [1.807, 2.05) is 170 Å². The second kappa shape index (κ2) is 45.2. The van der Waals surface area contributed by atoms with E-state index in [1.165, 1.54) is 64.3 Å². The van der Waals surface area contributed by atoms with Crippen molar-refractivity contribution in [2.75, 3.05) is 33.5 Å². The van der Waals surface area contributed by atoms with E-state index in [2.05, 4.69) is 188 Å². The van der Waals surface area contributed by atoms with Crippen LogP contribution in [0.15, 0.2) is 350 Å². The third-order valence-corrected chi connectivity index (χ3v) is 26.6. The van der Waals surface area contributed by atoms with Gasteiger partial charge >= 0.3 is 30.0 Å². The van der Waals surface area contributed by atoms with Gasteiger partial charge in [0.1, 0.15) is 23.0 Å². The number of hydrogen-bond acceptors (Lipinski definition) is 9. The molecule has 0 aliphatic carbocycles. The molecule has 0 unspecified atom stereocenters. The lowest BCUT2D eigenvalue weighted by Crippen LogP contribution is -2.41. The monoisotopic (exact) mass is 1690 g/mol. The van der Waals surface area contributed by atoms with Crippen LogP contribution in [0.25, 0.3) is 0 Å². The summed E-state index contributed by atoms with van der Waals surface area (Å²) in [5, 5.41) is 0. The Bertz CT molecular complexity index is 4890. The van der Waals surface area contributed by atoms with Crippen LogP contribution in [0.4, 0.5) is 39.9 Å². The van der Waals surface area contributed by atoms with Gasteiger partial charge in [0.2, 0.25) is 0 Å². The van der Waals surface area contributed by atoms with E-state index in [-0.39, 0.29) is 58.3 Å². The van der Waals surface area contributed by atoms with Crippen molar-refractivity contribution in [3.8, 4) is 23.0 Å². The summed E-state index contributed by atoms with van der Waals surface area (Å²) >= 11 is 0. The maximum absolute atomic E-state index is 13.8. The molecule has 0 bridgehead atoms. The largest absolute Gasteiger partial charge is 0.493 e. The lowest BCUT2D eigenvalue weighted by Gasteiger charge is -2.25. The van der Waals surface area contributed by atoms with Gasteiger partial charge in [-0.1, -0.05) is 146 Å². The highest BCUT2D eigenvalue weighted by Crippen LogP contribution is 2.45. The van der Waals surface area contributed by atoms with Crippen molar-refractivity contribution in [1.82, 2.24) is 0 Å². The summed E-state index contributed by atoms with van der Waals surface area (Å²) in [4.78, 5) is 48.9. The molecule has 0 saturated carbocycles. The molecule has 12 rings (SSSR count). The summed E-state index contributed by atoms with van der Waals surface area (Å²) < 4.78 is 138. The summed E-state index contributed by atoms with van der Waals surface area (Å²) in [5.74, 6) is -8.36. The lowest BCUT2D eigenvalue weighted by atomic mass is 10.0. The molecule has 0 amide bonds. The zero-order valence-corrected chi connectivity index (χ0v) is 70.6. The summed E-state index contributed by atoms with van der Waals surface area (Å²) in [7, 11) is 0.380. The quantitative estimate of drug-likeness (QED) is 0.0164. The number of hydrogen-bond donors (Lipinski definition) is 0. The summed E-state index contributed by atoms with van der Waals surface area (Å²) in [6.07, 6.45) is -10.1. The third-order valence-electron chi connectivity index (χ3n) is 17.8. The first kappa shape index (κ1) is 92.7. The van der Waals surface area contributed by atoms with Crippen LogP contribution < -0.4 is 18.9 Å². The van der Waals surface area contributed by atoms with Crippen molar-refractivity contribution in [3.05, 3.63) is 336 Å². The van der Waals surface area contributed by atoms with E-state index >= 15 is 0 Å². The van der Waals surface area contributed by atoms with Gasteiger partial charge in [-0.25, -0.2) is 18.4 Å². The van der Waals surface area contributed by atoms with Crippen LogP contribution in [0.5, 0.6) is 23.0 Å². The van der Waals surface area contributed by atoms with Crippen LogP contribution in [0.2, 0.25) is 0 Å². The van der Waals surface area contributed by atoms with Crippen LogP contribution in [-0.2, 0) is 67.4 Å². The second-order valence-electron chi connectivity index (χ2n) is 27.0. The molecule has 0 radical (unpaired) electrons. The highest BCUT2D eigenvalue weighted by atomic mass is 32.2. The molecule has 118 heavy (non-hydrogen) atoms. The Hall–Kier alpha value is -10.8. The number of aryl methyl sites for hydroxylation is 8. The summed E-state index contributed by atoms with van der Waals surface area (Å²) in [5.41, 5.74) is 7.69. The highest BCUT2D eigenvalue weighted by molar-refractivity contribution is 7.98. The van der Waals surface area contributed by atoms with E-state index in [1.54, 1.807) is 0 Å². The Morgan fingerprint density at radius 1 is 0.331 bits per heavy atom. The molecule has 9 nitrogen and oxygen atoms in total. The van der Waals surface area contributed by atoms with Crippen molar-refractivity contribution < 1.29 is 82.7 Å². The summed E-state index contributed by atoms with van der Waals surface area (Å²) in [6, 6.07) is 100. The molecule has 22 heteroatoms. The minimum atomic E-state index is -6.01. The Morgan fingerprint density at radius 2 is 0.576 bits per heavy atom. The molecular weight excluding hydrogens is 1600 g/mol. The first-order valence-electron chi connectivity index (χ1n) is 37.6. The smallest absolute Gasteiger partial charge is 0.453 e. The number of esters is 3. The van der Waals surface area contributed by atoms with Crippen molar-refractivity contribution >= 4 is 61.5 Å². The molecule has 0 spiro atoms. The van der Waals surface area contributed by atoms with Crippen LogP contribution in [0, 0.1) is 55.4 Å². The fourth-order valence-corrected chi connectivity index (χ4v) is 21.8. The van der Waals surface area contributed by atoms with Gasteiger partial charge in [-0.05, 0) is 210 Å². The number of rotatable bonds is 27. The predicted molar refractivity (Wildman–Crippen MR) is 452 cm³/mol. The van der Waals surface area contributed by atoms with E-state index in [4.69, 9.17) is 32.8 Å². The third kappa shape index (κ3) is 26.6. The Kier molecular flexibility index (Phi) is 35.6. The van der Waals surface area contributed by atoms with Gasteiger partial charge in [0, 0.05) is 71.0 Å². The number of methoxy groups -OCH3 is 1. The molecule has 12 aromatic rings. The molecule has 0 heterocycles.